The summed E-state index contributed by atoms with van der Waals surface area (Å²) in [4.78, 5) is 2.42. The lowest BCUT2D eigenvalue weighted by atomic mass is 9.53. The summed E-state index contributed by atoms with van der Waals surface area (Å²) < 4.78 is 10.9. The third-order valence-corrected chi connectivity index (χ3v) is 6.38. The van der Waals surface area contributed by atoms with Crippen LogP contribution in [0, 0.1) is 5.92 Å². The van der Waals surface area contributed by atoms with Crippen LogP contribution in [0.25, 0.3) is 0 Å². The molecule has 4 rings (SSSR count). The van der Waals surface area contributed by atoms with Crippen LogP contribution in [0.5, 0.6) is 11.5 Å². The minimum absolute atomic E-state index is 0.219. The van der Waals surface area contributed by atoms with Gasteiger partial charge in [-0.1, -0.05) is 6.07 Å². The number of phenolic OH excluding ortho intramolecular Hbond substituents is 1. The monoisotopic (exact) mass is 343 g/mol. The molecule has 134 valence electrons. The lowest BCUT2D eigenvalue weighted by molar-refractivity contribution is 0.0526. The van der Waals surface area contributed by atoms with Gasteiger partial charge in [-0.05, 0) is 44.1 Å². The number of aromatic hydroxyl groups is 1. The number of hydrazone groups is 1. The summed E-state index contributed by atoms with van der Waals surface area (Å²) in [6, 6.07) is 4.32. The zero-order valence-corrected chi connectivity index (χ0v) is 15.0. The molecule has 3 aliphatic rings. The van der Waals surface area contributed by atoms with Crippen LogP contribution in [-0.4, -0.2) is 49.6 Å². The molecule has 1 aromatic rings. The van der Waals surface area contributed by atoms with Crippen LogP contribution in [-0.2, 0) is 16.6 Å². The highest BCUT2D eigenvalue weighted by Crippen LogP contribution is 2.57. The van der Waals surface area contributed by atoms with Gasteiger partial charge < -0.3 is 25.3 Å². The highest BCUT2D eigenvalue weighted by molar-refractivity contribution is 6.00. The van der Waals surface area contributed by atoms with Gasteiger partial charge in [0, 0.05) is 29.4 Å². The second-order valence-electron chi connectivity index (χ2n) is 7.32. The third kappa shape index (κ3) is 2.10. The fourth-order valence-corrected chi connectivity index (χ4v) is 5.16. The Morgan fingerprint density at radius 2 is 2.12 bits per heavy atom. The van der Waals surface area contributed by atoms with Crippen LogP contribution < -0.4 is 10.6 Å². The van der Waals surface area contributed by atoms with E-state index in [0.29, 0.717) is 18.2 Å². The predicted molar refractivity (Wildman–Crippen MR) is 95.9 cm³/mol. The second kappa shape index (κ2) is 5.66. The van der Waals surface area contributed by atoms with E-state index in [1.54, 1.807) is 14.2 Å². The number of nitrogens with zero attached hydrogens (tertiary/aromatic N) is 2. The number of piperidine rings is 1. The lowest BCUT2D eigenvalue weighted by Gasteiger charge is -2.57. The number of benzene rings is 1. The first-order chi connectivity index (χ1) is 12.1. The van der Waals surface area contributed by atoms with E-state index in [-0.39, 0.29) is 17.1 Å². The fourth-order valence-electron chi connectivity index (χ4n) is 5.16. The van der Waals surface area contributed by atoms with E-state index in [1.807, 2.05) is 6.07 Å². The van der Waals surface area contributed by atoms with E-state index in [0.717, 1.165) is 36.4 Å². The van der Waals surface area contributed by atoms with Crippen molar-refractivity contribution in [1.29, 1.82) is 0 Å². The minimum atomic E-state index is -0.219. The first kappa shape index (κ1) is 16.3. The topological polar surface area (TPSA) is 80.3 Å². The molecule has 1 heterocycles. The van der Waals surface area contributed by atoms with Crippen LogP contribution >= 0.6 is 0 Å². The number of likely N-dealkylation sites (N-methyl/N-ethyl adjacent to an activating group) is 1. The smallest absolute Gasteiger partial charge is 0.161 e. The fraction of sp³-hybridized carbons (Fsp3) is 0.526. The minimum Gasteiger partial charge on any atom is -0.504 e. The Bertz CT molecular complexity index is 773. The van der Waals surface area contributed by atoms with Crippen molar-refractivity contribution in [3.05, 3.63) is 35.1 Å². The van der Waals surface area contributed by atoms with Gasteiger partial charge in [0.2, 0.25) is 0 Å². The third-order valence-electron chi connectivity index (χ3n) is 6.38. The van der Waals surface area contributed by atoms with Crippen molar-refractivity contribution >= 4 is 5.71 Å². The van der Waals surface area contributed by atoms with Gasteiger partial charge in [-0.3, -0.25) is 0 Å². The van der Waals surface area contributed by atoms with Crippen molar-refractivity contribution in [2.24, 2.45) is 16.9 Å². The number of ether oxygens (including phenoxy) is 2. The molecular formula is C19H25N3O3. The van der Waals surface area contributed by atoms with Crippen LogP contribution in [0.4, 0.5) is 0 Å². The van der Waals surface area contributed by atoms with Gasteiger partial charge in [0.15, 0.2) is 11.5 Å². The molecule has 0 spiro atoms. The van der Waals surface area contributed by atoms with E-state index < -0.39 is 0 Å². The summed E-state index contributed by atoms with van der Waals surface area (Å²) in [5.74, 6) is 7.46. The summed E-state index contributed by atoms with van der Waals surface area (Å²) in [5.41, 5.74) is 2.74. The summed E-state index contributed by atoms with van der Waals surface area (Å²) in [5, 5.41) is 15.0. The van der Waals surface area contributed by atoms with Crippen LogP contribution in [0.3, 0.4) is 0 Å². The molecule has 3 atom stereocenters. The van der Waals surface area contributed by atoms with Gasteiger partial charge in [-0.2, -0.15) is 5.10 Å². The normalized spacial score (nSPS) is 32.6. The second-order valence-corrected chi connectivity index (χ2v) is 7.32. The van der Waals surface area contributed by atoms with Gasteiger partial charge >= 0.3 is 0 Å². The summed E-state index contributed by atoms with van der Waals surface area (Å²) >= 11 is 0. The molecule has 0 amide bonds. The molecular weight excluding hydrogens is 318 g/mol. The number of nitrogens with two attached hydrogens (primary N) is 1. The molecule has 1 fully saturated rings. The Morgan fingerprint density at radius 1 is 1.32 bits per heavy atom. The summed E-state index contributed by atoms with van der Waals surface area (Å²) in [6.07, 6.45) is 4.67. The number of fused-ring (bicyclic) bond motifs is 1. The lowest BCUT2D eigenvalue weighted by Crippen LogP contribution is -2.60. The van der Waals surface area contributed by atoms with E-state index in [9.17, 15) is 5.11 Å². The van der Waals surface area contributed by atoms with E-state index in [2.05, 4.69) is 29.2 Å². The molecule has 1 aromatic carbocycles. The number of allylic oxidation sites excluding steroid dienone is 1. The van der Waals surface area contributed by atoms with Crippen molar-refractivity contribution in [3.8, 4) is 11.5 Å². The highest BCUT2D eigenvalue weighted by atomic mass is 16.5. The van der Waals surface area contributed by atoms with Gasteiger partial charge in [0.25, 0.3) is 0 Å². The Morgan fingerprint density at radius 3 is 2.80 bits per heavy atom. The molecule has 3 N–H and O–H groups in total. The Labute approximate surface area is 147 Å². The SMILES string of the molecule is COC1=C[C@H]2[C@H]3Cc4ccc(OC)c(O)c4[C@]2(CCN3C)C/C1=N\N. The van der Waals surface area contributed by atoms with Crippen molar-refractivity contribution in [2.45, 2.75) is 30.7 Å². The number of methoxy groups -OCH3 is 2. The molecule has 0 radical (unpaired) electrons. The number of phenols is 1. The van der Waals surface area contributed by atoms with Crippen LogP contribution in [0.1, 0.15) is 24.0 Å². The zero-order valence-electron chi connectivity index (χ0n) is 15.0. The predicted octanol–water partition coefficient (Wildman–Crippen LogP) is 1.76. The molecule has 1 saturated heterocycles. The molecule has 0 aromatic heterocycles. The average Bonchev–Trinajstić information content (AvgIpc) is 2.63. The maximum Gasteiger partial charge on any atom is 0.161 e. The number of hydrogen-bond donors (Lipinski definition) is 2. The van der Waals surface area contributed by atoms with Gasteiger partial charge in [0.1, 0.15) is 11.5 Å². The summed E-state index contributed by atoms with van der Waals surface area (Å²) in [6.45, 7) is 0.977. The average molecular weight is 343 g/mol. The number of hydrogen-bond acceptors (Lipinski definition) is 6. The molecule has 1 aliphatic heterocycles. The van der Waals surface area contributed by atoms with E-state index in [4.69, 9.17) is 15.3 Å². The molecule has 25 heavy (non-hydrogen) atoms. The summed E-state index contributed by atoms with van der Waals surface area (Å²) in [7, 11) is 5.43. The van der Waals surface area contributed by atoms with Crippen molar-refractivity contribution in [1.82, 2.24) is 4.90 Å². The zero-order chi connectivity index (χ0) is 17.8. The Hall–Kier alpha value is -2.21. The van der Waals surface area contributed by atoms with Crippen molar-refractivity contribution in [3.63, 3.8) is 0 Å². The molecule has 6 nitrogen and oxygen atoms in total. The Kier molecular flexibility index (Phi) is 3.68. The van der Waals surface area contributed by atoms with Gasteiger partial charge in [-0.15, -0.1) is 0 Å². The molecule has 6 heteroatoms. The van der Waals surface area contributed by atoms with E-state index >= 15 is 0 Å². The standard InChI is InChI=1S/C19H25N3O3/c1-22-7-6-19-10-13(21-20)16(25-3)9-12(19)14(22)8-11-4-5-15(24-2)18(23)17(11)19/h4-5,9,12,14,23H,6-8,10,20H2,1-3H3/b21-13+/t12-,14+,19+/m0/s1. The van der Waals surface area contributed by atoms with Gasteiger partial charge in [0.05, 0.1) is 14.2 Å². The highest BCUT2D eigenvalue weighted by Gasteiger charge is 2.56. The maximum atomic E-state index is 11.0. The molecule has 0 saturated carbocycles. The van der Waals surface area contributed by atoms with Crippen molar-refractivity contribution < 1.29 is 14.6 Å². The van der Waals surface area contributed by atoms with Gasteiger partial charge in [-0.25, -0.2) is 0 Å². The van der Waals surface area contributed by atoms with E-state index in [1.165, 1.54) is 5.56 Å². The van der Waals surface area contributed by atoms with Crippen LogP contribution in [0.15, 0.2) is 29.1 Å². The largest absolute Gasteiger partial charge is 0.504 e. The Balaban J connectivity index is 1.98. The number of likely N-dealkylation sites (tertiary alicyclic amines) is 1. The number of rotatable bonds is 2. The first-order valence-corrected chi connectivity index (χ1v) is 8.68. The maximum absolute atomic E-state index is 11.0. The van der Waals surface area contributed by atoms with Crippen LogP contribution in [0.2, 0.25) is 0 Å². The molecule has 2 bridgehead atoms. The first-order valence-electron chi connectivity index (χ1n) is 8.68. The molecule has 0 unspecified atom stereocenters. The molecule has 2 aliphatic carbocycles. The van der Waals surface area contributed by atoms with Crippen molar-refractivity contribution in [2.75, 3.05) is 27.8 Å². The quantitative estimate of drug-likeness (QED) is 0.632.